The third-order valence-corrected chi connectivity index (χ3v) is 5.91. The lowest BCUT2D eigenvalue weighted by Gasteiger charge is -2.32. The number of aromatic nitrogens is 3. The molecule has 0 radical (unpaired) electrons. The van der Waals surface area contributed by atoms with Gasteiger partial charge in [0.05, 0.1) is 13.2 Å². The molecule has 2 fully saturated rings. The van der Waals surface area contributed by atoms with Gasteiger partial charge in [0.2, 0.25) is 0 Å². The molecular formula is C20H29N5O. The van der Waals surface area contributed by atoms with E-state index in [2.05, 4.69) is 51.3 Å². The van der Waals surface area contributed by atoms with Crippen molar-refractivity contribution in [3.63, 3.8) is 0 Å². The first-order chi connectivity index (χ1) is 12.6. The first-order valence-corrected chi connectivity index (χ1v) is 9.60. The lowest BCUT2D eigenvalue weighted by Crippen LogP contribution is -2.36. The van der Waals surface area contributed by atoms with Crippen LogP contribution in [0.5, 0.6) is 0 Å². The number of nitrogens with one attached hydrogen (secondary N) is 1. The Kier molecular flexibility index (Phi) is 4.82. The maximum atomic E-state index is 5.97. The molecule has 2 saturated carbocycles. The summed E-state index contributed by atoms with van der Waals surface area (Å²) in [5.74, 6) is 2.51. The molecule has 6 nitrogen and oxygen atoms in total. The molecule has 26 heavy (non-hydrogen) atoms. The Labute approximate surface area is 155 Å². The minimum Gasteiger partial charge on any atom is -0.383 e. The van der Waals surface area contributed by atoms with Gasteiger partial charge in [0.25, 0.3) is 0 Å². The van der Waals surface area contributed by atoms with Crippen molar-refractivity contribution in [2.75, 3.05) is 13.7 Å². The summed E-state index contributed by atoms with van der Waals surface area (Å²) in [5.41, 5.74) is 8.83. The largest absolute Gasteiger partial charge is 0.383 e. The van der Waals surface area contributed by atoms with Crippen LogP contribution in [0.4, 0.5) is 0 Å². The van der Waals surface area contributed by atoms with Gasteiger partial charge in [-0.2, -0.15) is 0 Å². The van der Waals surface area contributed by atoms with Crippen LogP contribution in [0.2, 0.25) is 0 Å². The summed E-state index contributed by atoms with van der Waals surface area (Å²) in [6.45, 7) is 4.37. The Balaban J connectivity index is 1.50. The zero-order valence-corrected chi connectivity index (χ0v) is 15.7. The van der Waals surface area contributed by atoms with E-state index >= 15 is 0 Å². The number of hydrogen-bond donors (Lipinski definition) is 2. The Morgan fingerprint density at radius 3 is 2.69 bits per heavy atom. The van der Waals surface area contributed by atoms with Gasteiger partial charge in [-0.05, 0) is 43.7 Å². The Morgan fingerprint density at radius 1 is 1.27 bits per heavy atom. The molecule has 0 amide bonds. The second kappa shape index (κ2) is 7.10. The Bertz CT molecular complexity index is 761. The highest BCUT2D eigenvalue weighted by Gasteiger charge is 2.44. The van der Waals surface area contributed by atoms with Crippen molar-refractivity contribution in [3.05, 3.63) is 47.0 Å². The third-order valence-electron chi connectivity index (χ3n) is 5.91. The highest BCUT2D eigenvalue weighted by atomic mass is 16.5. The fourth-order valence-corrected chi connectivity index (χ4v) is 4.11. The molecule has 0 spiro atoms. The quantitative estimate of drug-likeness (QED) is 0.759. The molecule has 6 heteroatoms. The molecule has 2 aliphatic rings. The lowest BCUT2D eigenvalue weighted by atomic mass is 9.80. The molecular weight excluding hydrogens is 326 g/mol. The van der Waals surface area contributed by atoms with Gasteiger partial charge in [-0.15, -0.1) is 10.2 Å². The number of benzene rings is 1. The fourth-order valence-electron chi connectivity index (χ4n) is 4.11. The molecule has 1 aromatic heterocycles. The molecule has 1 aromatic carbocycles. The molecule has 2 aromatic rings. The minimum atomic E-state index is 0.0996. The molecule has 0 aliphatic heterocycles. The number of methoxy groups -OCH3 is 1. The second-order valence-electron chi connectivity index (χ2n) is 7.80. The van der Waals surface area contributed by atoms with Crippen LogP contribution >= 0.6 is 0 Å². The van der Waals surface area contributed by atoms with E-state index in [1.165, 1.54) is 24.0 Å². The average Bonchev–Trinajstić information content (AvgIpc) is 3.30. The van der Waals surface area contributed by atoms with Crippen molar-refractivity contribution in [2.24, 2.45) is 5.73 Å². The van der Waals surface area contributed by atoms with Crippen LogP contribution in [-0.2, 0) is 23.4 Å². The van der Waals surface area contributed by atoms with Gasteiger partial charge in [-0.1, -0.05) is 24.3 Å². The van der Waals surface area contributed by atoms with Gasteiger partial charge in [0.15, 0.2) is 0 Å². The molecule has 2 aliphatic carbocycles. The smallest absolute Gasteiger partial charge is 0.147 e. The fraction of sp³-hybridized carbons (Fsp3) is 0.600. The zero-order valence-electron chi connectivity index (χ0n) is 15.7. The maximum absolute atomic E-state index is 5.97. The molecule has 140 valence electrons. The normalized spacial score (nSPS) is 23.7. The summed E-state index contributed by atoms with van der Waals surface area (Å²) < 4.78 is 7.54. The summed E-state index contributed by atoms with van der Waals surface area (Å²) >= 11 is 0. The molecule has 0 saturated heterocycles. The van der Waals surface area contributed by atoms with E-state index in [4.69, 9.17) is 10.5 Å². The maximum Gasteiger partial charge on any atom is 0.147 e. The Morgan fingerprint density at radius 2 is 2.04 bits per heavy atom. The van der Waals surface area contributed by atoms with Crippen LogP contribution in [0, 0.1) is 6.92 Å². The number of nitrogens with two attached hydrogens (primary N) is 1. The highest BCUT2D eigenvalue weighted by molar-refractivity contribution is 5.36. The monoisotopic (exact) mass is 355 g/mol. The van der Waals surface area contributed by atoms with Crippen molar-refractivity contribution in [1.82, 2.24) is 20.1 Å². The minimum absolute atomic E-state index is 0.0996. The number of rotatable bonds is 8. The van der Waals surface area contributed by atoms with Crippen molar-refractivity contribution in [2.45, 2.75) is 63.2 Å². The molecule has 4 rings (SSSR count). The van der Waals surface area contributed by atoms with Gasteiger partial charge in [0.1, 0.15) is 11.6 Å². The molecule has 3 N–H and O–H groups in total. The highest BCUT2D eigenvalue weighted by Crippen LogP contribution is 2.46. The lowest BCUT2D eigenvalue weighted by molar-refractivity contribution is 0.183. The van der Waals surface area contributed by atoms with Crippen molar-refractivity contribution in [3.8, 4) is 0 Å². The van der Waals surface area contributed by atoms with E-state index in [1.807, 2.05) is 0 Å². The SMILES string of the molecule is COCCn1c(CNC2(c3ccccc3C)CC2)nnc1C1CC(N)C1. The van der Waals surface area contributed by atoms with Gasteiger partial charge < -0.3 is 20.4 Å². The predicted octanol–water partition coefficient (Wildman–Crippen LogP) is 2.22. The van der Waals surface area contributed by atoms with Crippen LogP contribution < -0.4 is 11.1 Å². The zero-order chi connectivity index (χ0) is 18.1. The van der Waals surface area contributed by atoms with Crippen LogP contribution in [0.3, 0.4) is 0 Å². The van der Waals surface area contributed by atoms with Crippen LogP contribution in [-0.4, -0.2) is 34.5 Å². The van der Waals surface area contributed by atoms with Gasteiger partial charge >= 0.3 is 0 Å². The molecule has 1 heterocycles. The van der Waals surface area contributed by atoms with Gasteiger partial charge in [-0.25, -0.2) is 0 Å². The second-order valence-corrected chi connectivity index (χ2v) is 7.80. The predicted molar refractivity (Wildman–Crippen MR) is 101 cm³/mol. The number of nitrogens with zero attached hydrogens (tertiary/aromatic N) is 3. The molecule has 0 bridgehead atoms. The van der Waals surface area contributed by atoms with Crippen molar-refractivity contribution >= 4 is 0 Å². The van der Waals surface area contributed by atoms with Crippen LogP contribution in [0.1, 0.15) is 54.4 Å². The molecule has 0 atom stereocenters. The topological polar surface area (TPSA) is 78.0 Å². The summed E-state index contributed by atoms with van der Waals surface area (Å²) in [5, 5.41) is 12.8. The number of ether oxygens (including phenoxy) is 1. The Hall–Kier alpha value is -1.76. The van der Waals surface area contributed by atoms with Crippen molar-refractivity contribution < 1.29 is 4.74 Å². The van der Waals surface area contributed by atoms with Crippen LogP contribution in [0.25, 0.3) is 0 Å². The summed E-state index contributed by atoms with van der Waals surface area (Å²) in [7, 11) is 1.73. The summed E-state index contributed by atoms with van der Waals surface area (Å²) in [4.78, 5) is 0. The van der Waals surface area contributed by atoms with Gasteiger partial charge in [0, 0.05) is 31.2 Å². The van der Waals surface area contributed by atoms with Gasteiger partial charge in [-0.3, -0.25) is 0 Å². The standard InChI is InChI=1S/C20H29N5O/c1-14-5-3-4-6-17(14)20(7-8-20)22-13-18-23-24-19(15-11-16(21)12-15)25(18)9-10-26-2/h3-6,15-16,22H,7-13,21H2,1-2H3. The summed E-state index contributed by atoms with van der Waals surface area (Å²) in [6, 6.07) is 8.97. The van der Waals surface area contributed by atoms with E-state index in [1.54, 1.807) is 7.11 Å². The number of hydrogen-bond acceptors (Lipinski definition) is 5. The average molecular weight is 355 g/mol. The molecule has 0 unspecified atom stereocenters. The first-order valence-electron chi connectivity index (χ1n) is 9.60. The third kappa shape index (κ3) is 3.29. The van der Waals surface area contributed by atoms with E-state index < -0.39 is 0 Å². The van der Waals surface area contributed by atoms with E-state index in [0.717, 1.165) is 37.6 Å². The number of aryl methyl sites for hydroxylation is 1. The summed E-state index contributed by atoms with van der Waals surface area (Å²) in [6.07, 6.45) is 4.36. The van der Waals surface area contributed by atoms with E-state index in [9.17, 15) is 0 Å². The van der Waals surface area contributed by atoms with E-state index in [-0.39, 0.29) is 5.54 Å². The first kappa shape index (κ1) is 17.6. The van der Waals surface area contributed by atoms with E-state index in [0.29, 0.717) is 18.6 Å². The van der Waals surface area contributed by atoms with Crippen LogP contribution in [0.15, 0.2) is 24.3 Å². The van der Waals surface area contributed by atoms with Crippen molar-refractivity contribution in [1.29, 1.82) is 0 Å².